The summed E-state index contributed by atoms with van der Waals surface area (Å²) in [6, 6.07) is 11.4. The van der Waals surface area contributed by atoms with Crippen molar-refractivity contribution in [2.45, 2.75) is 13.5 Å². The van der Waals surface area contributed by atoms with Crippen LogP contribution in [0.1, 0.15) is 21.5 Å². The van der Waals surface area contributed by atoms with Crippen molar-refractivity contribution in [2.75, 3.05) is 36.8 Å². The summed E-state index contributed by atoms with van der Waals surface area (Å²) in [5.74, 6) is 0.800. The van der Waals surface area contributed by atoms with Gasteiger partial charge in [0.15, 0.2) is 0 Å². The number of hydrogen-bond donors (Lipinski definition) is 2. The monoisotopic (exact) mass is 377 g/mol. The minimum absolute atomic E-state index is 0.0978. The van der Waals surface area contributed by atoms with Crippen molar-refractivity contribution < 1.29 is 9.90 Å². The predicted octanol–water partition coefficient (Wildman–Crippen LogP) is 1.98. The standard InChI is InChI=1S/C21H23N5O2/c1-14-10-18(22)17(11-15(14)12-27)21(28)26-8-6-25(7-9-26)20-16-4-2-3-5-19(16)23-13-24-20/h2-5,10-11,13,27H,6-9,12,22H2,1H3. The average molecular weight is 377 g/mol. The maximum atomic E-state index is 13.0. The van der Waals surface area contributed by atoms with E-state index in [0.717, 1.165) is 27.8 Å². The van der Waals surface area contributed by atoms with E-state index in [-0.39, 0.29) is 12.5 Å². The second kappa shape index (κ2) is 7.44. The van der Waals surface area contributed by atoms with Gasteiger partial charge in [0, 0.05) is 37.3 Å². The Hall–Kier alpha value is -3.19. The van der Waals surface area contributed by atoms with Gasteiger partial charge in [-0.1, -0.05) is 12.1 Å². The van der Waals surface area contributed by atoms with Gasteiger partial charge < -0.3 is 20.6 Å². The molecule has 28 heavy (non-hydrogen) atoms. The third-order valence-electron chi connectivity index (χ3n) is 5.30. The normalized spacial score (nSPS) is 14.5. The largest absolute Gasteiger partial charge is 0.398 e. The van der Waals surface area contributed by atoms with Crippen molar-refractivity contribution in [3.05, 3.63) is 59.4 Å². The van der Waals surface area contributed by atoms with Crippen molar-refractivity contribution in [3.63, 3.8) is 0 Å². The van der Waals surface area contributed by atoms with Gasteiger partial charge in [0.2, 0.25) is 0 Å². The number of rotatable bonds is 3. The minimum Gasteiger partial charge on any atom is -0.398 e. The van der Waals surface area contributed by atoms with E-state index >= 15 is 0 Å². The summed E-state index contributed by atoms with van der Waals surface area (Å²) in [5.41, 5.74) is 9.50. The lowest BCUT2D eigenvalue weighted by atomic mass is 10.0. The molecule has 0 saturated carbocycles. The zero-order valence-corrected chi connectivity index (χ0v) is 15.8. The summed E-state index contributed by atoms with van der Waals surface area (Å²) in [5, 5.41) is 10.5. The second-order valence-corrected chi connectivity index (χ2v) is 7.02. The molecule has 0 spiro atoms. The molecule has 2 heterocycles. The van der Waals surface area contributed by atoms with Gasteiger partial charge in [-0.25, -0.2) is 9.97 Å². The number of amides is 1. The zero-order chi connectivity index (χ0) is 19.7. The van der Waals surface area contributed by atoms with Gasteiger partial charge in [-0.05, 0) is 42.3 Å². The quantitative estimate of drug-likeness (QED) is 0.678. The molecular weight excluding hydrogens is 354 g/mol. The number of anilines is 2. The Morgan fingerprint density at radius 3 is 2.64 bits per heavy atom. The maximum Gasteiger partial charge on any atom is 0.256 e. The number of carbonyl (C=O) groups is 1. The highest BCUT2D eigenvalue weighted by atomic mass is 16.3. The second-order valence-electron chi connectivity index (χ2n) is 7.02. The third-order valence-corrected chi connectivity index (χ3v) is 5.30. The molecule has 1 fully saturated rings. The number of aromatic nitrogens is 2. The number of carbonyl (C=O) groups excluding carboxylic acids is 1. The lowest BCUT2D eigenvalue weighted by Gasteiger charge is -2.36. The number of piperazine rings is 1. The molecule has 7 heteroatoms. The Morgan fingerprint density at radius 1 is 1.14 bits per heavy atom. The molecule has 0 unspecified atom stereocenters. The number of para-hydroxylation sites is 1. The lowest BCUT2D eigenvalue weighted by molar-refractivity contribution is 0.0747. The number of fused-ring (bicyclic) bond motifs is 1. The molecule has 1 aliphatic heterocycles. The number of hydrogen-bond acceptors (Lipinski definition) is 6. The SMILES string of the molecule is Cc1cc(N)c(C(=O)N2CCN(c3ncnc4ccccc34)CC2)cc1CO. The Bertz CT molecular complexity index is 1020. The topological polar surface area (TPSA) is 95.6 Å². The minimum atomic E-state index is -0.110. The molecule has 1 aliphatic rings. The number of nitrogen functional groups attached to an aromatic ring is 1. The molecule has 0 aliphatic carbocycles. The van der Waals surface area contributed by atoms with Gasteiger partial charge in [-0.15, -0.1) is 0 Å². The van der Waals surface area contributed by atoms with Gasteiger partial charge >= 0.3 is 0 Å². The van der Waals surface area contributed by atoms with Crippen LogP contribution in [-0.4, -0.2) is 52.1 Å². The molecule has 144 valence electrons. The van der Waals surface area contributed by atoms with Crippen LogP contribution in [0.4, 0.5) is 11.5 Å². The summed E-state index contributed by atoms with van der Waals surface area (Å²) in [6.45, 7) is 4.30. The van der Waals surface area contributed by atoms with Crippen molar-refractivity contribution in [1.29, 1.82) is 0 Å². The first-order chi connectivity index (χ1) is 13.6. The molecule has 2 aromatic carbocycles. The number of aryl methyl sites for hydroxylation is 1. The van der Waals surface area contributed by atoms with Crippen molar-refractivity contribution >= 4 is 28.3 Å². The summed E-state index contributed by atoms with van der Waals surface area (Å²) < 4.78 is 0. The van der Waals surface area contributed by atoms with E-state index in [1.165, 1.54) is 0 Å². The fraction of sp³-hybridized carbons (Fsp3) is 0.286. The smallest absolute Gasteiger partial charge is 0.256 e. The summed E-state index contributed by atoms with van der Waals surface area (Å²) in [6.07, 6.45) is 1.58. The first-order valence-corrected chi connectivity index (χ1v) is 9.32. The van der Waals surface area contributed by atoms with Gasteiger partial charge in [0.05, 0.1) is 17.7 Å². The van der Waals surface area contributed by atoms with E-state index in [9.17, 15) is 9.90 Å². The van der Waals surface area contributed by atoms with Crippen molar-refractivity contribution in [3.8, 4) is 0 Å². The fourth-order valence-electron chi connectivity index (χ4n) is 3.66. The van der Waals surface area contributed by atoms with Crippen LogP contribution in [0.3, 0.4) is 0 Å². The number of aliphatic hydroxyl groups is 1. The summed E-state index contributed by atoms with van der Waals surface area (Å²) >= 11 is 0. The average Bonchev–Trinajstić information content (AvgIpc) is 2.73. The predicted molar refractivity (Wildman–Crippen MR) is 109 cm³/mol. The van der Waals surface area contributed by atoms with Crippen LogP contribution >= 0.6 is 0 Å². The highest BCUT2D eigenvalue weighted by Crippen LogP contribution is 2.25. The molecule has 1 amide bonds. The first kappa shape index (κ1) is 18.2. The third kappa shape index (κ3) is 3.25. The Labute approximate surface area is 163 Å². The number of nitrogens with zero attached hydrogens (tertiary/aromatic N) is 4. The lowest BCUT2D eigenvalue weighted by Crippen LogP contribution is -2.49. The van der Waals surface area contributed by atoms with Crippen LogP contribution in [0.15, 0.2) is 42.7 Å². The highest BCUT2D eigenvalue weighted by Gasteiger charge is 2.25. The summed E-state index contributed by atoms with van der Waals surface area (Å²) in [4.78, 5) is 25.8. The van der Waals surface area contributed by atoms with Gasteiger partial charge in [0.25, 0.3) is 5.91 Å². The van der Waals surface area contributed by atoms with Crippen molar-refractivity contribution in [1.82, 2.24) is 14.9 Å². The Balaban J connectivity index is 1.52. The van der Waals surface area contributed by atoms with Crippen LogP contribution in [0.25, 0.3) is 10.9 Å². The van der Waals surface area contributed by atoms with Crippen LogP contribution < -0.4 is 10.6 Å². The van der Waals surface area contributed by atoms with Gasteiger partial charge in [-0.2, -0.15) is 0 Å². The molecule has 1 aromatic heterocycles. The fourth-order valence-corrected chi connectivity index (χ4v) is 3.66. The van der Waals surface area contributed by atoms with Gasteiger partial charge in [-0.3, -0.25) is 4.79 Å². The molecule has 1 saturated heterocycles. The van der Waals surface area contributed by atoms with E-state index in [1.807, 2.05) is 36.1 Å². The number of aliphatic hydroxyl groups excluding tert-OH is 1. The highest BCUT2D eigenvalue weighted by molar-refractivity contribution is 5.99. The Kier molecular flexibility index (Phi) is 4.83. The molecule has 3 aromatic rings. The zero-order valence-electron chi connectivity index (χ0n) is 15.8. The van der Waals surface area contributed by atoms with Crippen molar-refractivity contribution in [2.24, 2.45) is 0 Å². The first-order valence-electron chi connectivity index (χ1n) is 9.32. The molecule has 0 bridgehead atoms. The molecular formula is C21H23N5O2. The number of benzene rings is 2. The van der Waals surface area contributed by atoms with Crippen LogP contribution in [0.2, 0.25) is 0 Å². The van der Waals surface area contributed by atoms with Crippen LogP contribution in [0, 0.1) is 6.92 Å². The molecule has 0 atom stereocenters. The van der Waals surface area contributed by atoms with Crippen LogP contribution in [-0.2, 0) is 6.61 Å². The molecule has 7 nitrogen and oxygen atoms in total. The van der Waals surface area contributed by atoms with Gasteiger partial charge in [0.1, 0.15) is 12.1 Å². The van der Waals surface area contributed by atoms with E-state index < -0.39 is 0 Å². The molecule has 0 radical (unpaired) electrons. The van der Waals surface area contributed by atoms with E-state index in [1.54, 1.807) is 18.5 Å². The van der Waals surface area contributed by atoms with E-state index in [0.29, 0.717) is 37.4 Å². The molecule has 3 N–H and O–H groups in total. The number of nitrogens with two attached hydrogens (primary N) is 1. The Morgan fingerprint density at radius 2 is 1.89 bits per heavy atom. The van der Waals surface area contributed by atoms with Crippen LogP contribution in [0.5, 0.6) is 0 Å². The van der Waals surface area contributed by atoms with E-state index in [4.69, 9.17) is 5.73 Å². The van der Waals surface area contributed by atoms with E-state index in [2.05, 4.69) is 14.9 Å². The molecule has 4 rings (SSSR count). The maximum absolute atomic E-state index is 13.0. The summed E-state index contributed by atoms with van der Waals surface area (Å²) in [7, 11) is 0.